The number of hydrogen-bond acceptors (Lipinski definition) is 2. The number of rotatable bonds is 7. The van der Waals surface area contributed by atoms with Crippen LogP contribution in [0.1, 0.15) is 59.8 Å². The van der Waals surface area contributed by atoms with Gasteiger partial charge in [-0.2, -0.15) is 0 Å². The highest BCUT2D eigenvalue weighted by Crippen LogP contribution is 2.42. The number of nitrogens with one attached hydrogen (secondary N) is 2. The Hall–Kier alpha value is -0.0800. The molecule has 102 valence electrons. The van der Waals surface area contributed by atoms with Gasteiger partial charge in [0, 0.05) is 18.6 Å². The van der Waals surface area contributed by atoms with Crippen LogP contribution in [0.4, 0.5) is 0 Å². The lowest BCUT2D eigenvalue weighted by molar-refractivity contribution is 0.216. The van der Waals surface area contributed by atoms with E-state index in [4.69, 9.17) is 0 Å². The Kier molecular flexibility index (Phi) is 5.46. The van der Waals surface area contributed by atoms with E-state index in [1.54, 1.807) is 0 Å². The van der Waals surface area contributed by atoms with E-state index in [1.165, 1.54) is 38.6 Å². The van der Waals surface area contributed by atoms with Crippen LogP contribution in [0, 0.1) is 11.3 Å². The molecule has 2 nitrogen and oxygen atoms in total. The second-order valence-electron chi connectivity index (χ2n) is 7.04. The zero-order valence-electron chi connectivity index (χ0n) is 12.5. The third-order valence-corrected chi connectivity index (χ3v) is 4.25. The van der Waals surface area contributed by atoms with E-state index < -0.39 is 0 Å². The van der Waals surface area contributed by atoms with Crippen molar-refractivity contribution in [3.05, 3.63) is 0 Å². The summed E-state index contributed by atoms with van der Waals surface area (Å²) in [5.74, 6) is 0.826. The second-order valence-corrected chi connectivity index (χ2v) is 7.04. The van der Waals surface area contributed by atoms with Crippen LogP contribution in [0.25, 0.3) is 0 Å². The summed E-state index contributed by atoms with van der Waals surface area (Å²) in [6.45, 7) is 11.5. The summed E-state index contributed by atoms with van der Waals surface area (Å²) in [6, 6.07) is 0. The Bertz CT molecular complexity index is 215. The molecule has 0 heterocycles. The molecule has 1 rings (SSSR count). The third kappa shape index (κ3) is 4.97. The van der Waals surface area contributed by atoms with Gasteiger partial charge >= 0.3 is 0 Å². The first-order valence-electron chi connectivity index (χ1n) is 7.29. The molecule has 0 aromatic heterocycles. The molecule has 0 bridgehead atoms. The Balaban J connectivity index is 2.40. The van der Waals surface area contributed by atoms with E-state index in [-0.39, 0.29) is 5.54 Å². The van der Waals surface area contributed by atoms with Gasteiger partial charge in [0.25, 0.3) is 0 Å². The smallest absolute Gasteiger partial charge is 0.0246 e. The highest BCUT2D eigenvalue weighted by molar-refractivity contribution is 4.89. The van der Waals surface area contributed by atoms with E-state index in [9.17, 15) is 0 Å². The zero-order valence-corrected chi connectivity index (χ0v) is 12.5. The zero-order chi connectivity index (χ0) is 12.9. The van der Waals surface area contributed by atoms with Crippen LogP contribution >= 0.6 is 0 Å². The first kappa shape index (κ1) is 15.0. The first-order valence-corrected chi connectivity index (χ1v) is 7.29. The van der Waals surface area contributed by atoms with Crippen molar-refractivity contribution in [3.63, 3.8) is 0 Å². The van der Waals surface area contributed by atoms with E-state index in [2.05, 4.69) is 38.3 Å². The molecule has 0 amide bonds. The maximum Gasteiger partial charge on any atom is 0.0246 e. The topological polar surface area (TPSA) is 24.1 Å². The molecule has 0 unspecified atom stereocenters. The minimum atomic E-state index is 0.206. The number of likely N-dealkylation sites (N-methyl/N-ethyl adjacent to an activating group) is 1. The molecule has 2 heteroatoms. The molecule has 0 saturated heterocycles. The van der Waals surface area contributed by atoms with Gasteiger partial charge in [-0.25, -0.2) is 0 Å². The van der Waals surface area contributed by atoms with Crippen LogP contribution in [0.5, 0.6) is 0 Å². The quantitative estimate of drug-likeness (QED) is 0.714. The van der Waals surface area contributed by atoms with Crippen LogP contribution in [0.15, 0.2) is 0 Å². The van der Waals surface area contributed by atoms with Crippen molar-refractivity contribution in [2.24, 2.45) is 11.3 Å². The lowest BCUT2D eigenvalue weighted by atomic mass is 9.78. The predicted octanol–water partition coefficient (Wildman–Crippen LogP) is 3.18. The monoisotopic (exact) mass is 240 g/mol. The average molecular weight is 240 g/mol. The largest absolute Gasteiger partial charge is 0.314 e. The molecule has 0 aromatic rings. The molecule has 1 saturated carbocycles. The molecular weight excluding hydrogens is 208 g/mol. The summed E-state index contributed by atoms with van der Waals surface area (Å²) in [5, 5.41) is 7.06. The normalized spacial score (nSPS) is 20.1. The van der Waals surface area contributed by atoms with E-state index in [0.29, 0.717) is 5.41 Å². The minimum absolute atomic E-state index is 0.206. The number of hydrogen-bond donors (Lipinski definition) is 2. The molecule has 0 aliphatic heterocycles. The molecule has 17 heavy (non-hydrogen) atoms. The molecule has 1 aliphatic rings. The molecule has 0 radical (unpaired) electrons. The van der Waals surface area contributed by atoms with Gasteiger partial charge in [0.1, 0.15) is 0 Å². The van der Waals surface area contributed by atoms with E-state index in [1.807, 2.05) is 7.05 Å². The fourth-order valence-corrected chi connectivity index (χ4v) is 3.17. The molecule has 0 atom stereocenters. The molecule has 1 aliphatic carbocycles. The maximum absolute atomic E-state index is 3.70. The maximum atomic E-state index is 3.70. The first-order chi connectivity index (χ1) is 7.89. The molecule has 0 aromatic carbocycles. The lowest BCUT2D eigenvalue weighted by Crippen LogP contribution is -2.48. The third-order valence-electron chi connectivity index (χ3n) is 4.25. The van der Waals surface area contributed by atoms with Gasteiger partial charge in [0.05, 0.1) is 0 Å². The summed E-state index contributed by atoms with van der Waals surface area (Å²) >= 11 is 0. The standard InChI is InChI=1S/C15H32N2/c1-13(2)10-15(8-6-7-9-15)12-17-11-14(3,4)16-5/h13,16-17H,6-12H2,1-5H3. The van der Waals surface area contributed by atoms with Gasteiger partial charge in [0.15, 0.2) is 0 Å². The summed E-state index contributed by atoms with van der Waals surface area (Å²) in [4.78, 5) is 0. The predicted molar refractivity (Wildman–Crippen MR) is 76.4 cm³/mol. The Morgan fingerprint density at radius 3 is 2.24 bits per heavy atom. The van der Waals surface area contributed by atoms with Crippen LogP contribution in [0.3, 0.4) is 0 Å². The van der Waals surface area contributed by atoms with Crippen LogP contribution in [-0.2, 0) is 0 Å². The SMILES string of the molecule is CNC(C)(C)CNCC1(CC(C)C)CCCC1. The van der Waals surface area contributed by atoms with Crippen molar-refractivity contribution in [1.82, 2.24) is 10.6 Å². The molecule has 0 spiro atoms. The van der Waals surface area contributed by atoms with Crippen molar-refractivity contribution in [2.45, 2.75) is 65.3 Å². The highest BCUT2D eigenvalue weighted by Gasteiger charge is 2.34. The Morgan fingerprint density at radius 1 is 1.18 bits per heavy atom. The summed E-state index contributed by atoms with van der Waals surface area (Å²) in [5.41, 5.74) is 0.801. The van der Waals surface area contributed by atoms with Gasteiger partial charge in [-0.3, -0.25) is 0 Å². The van der Waals surface area contributed by atoms with Gasteiger partial charge < -0.3 is 10.6 Å². The summed E-state index contributed by atoms with van der Waals surface area (Å²) in [7, 11) is 2.04. The summed E-state index contributed by atoms with van der Waals surface area (Å²) in [6.07, 6.45) is 7.12. The van der Waals surface area contributed by atoms with Crippen molar-refractivity contribution < 1.29 is 0 Å². The average Bonchev–Trinajstić information content (AvgIpc) is 2.65. The van der Waals surface area contributed by atoms with Gasteiger partial charge in [0.2, 0.25) is 0 Å². The van der Waals surface area contributed by atoms with Crippen molar-refractivity contribution in [2.75, 3.05) is 20.1 Å². The lowest BCUT2D eigenvalue weighted by Gasteiger charge is -2.33. The van der Waals surface area contributed by atoms with Crippen molar-refractivity contribution >= 4 is 0 Å². The van der Waals surface area contributed by atoms with Crippen LogP contribution < -0.4 is 10.6 Å². The van der Waals surface area contributed by atoms with Gasteiger partial charge in [-0.05, 0) is 51.5 Å². The Labute approximate surface area is 108 Å². The van der Waals surface area contributed by atoms with Crippen molar-refractivity contribution in [1.29, 1.82) is 0 Å². The van der Waals surface area contributed by atoms with Gasteiger partial charge in [-0.1, -0.05) is 26.7 Å². The van der Waals surface area contributed by atoms with E-state index >= 15 is 0 Å². The van der Waals surface area contributed by atoms with Gasteiger partial charge in [-0.15, -0.1) is 0 Å². The fourth-order valence-electron chi connectivity index (χ4n) is 3.17. The Morgan fingerprint density at radius 2 is 1.76 bits per heavy atom. The van der Waals surface area contributed by atoms with Crippen LogP contribution in [0.2, 0.25) is 0 Å². The molecule has 1 fully saturated rings. The highest BCUT2D eigenvalue weighted by atomic mass is 15.0. The second kappa shape index (κ2) is 6.19. The fraction of sp³-hybridized carbons (Fsp3) is 1.00. The molecule has 2 N–H and O–H groups in total. The minimum Gasteiger partial charge on any atom is -0.314 e. The summed E-state index contributed by atoms with van der Waals surface area (Å²) < 4.78 is 0. The molecular formula is C15H32N2. The van der Waals surface area contributed by atoms with Crippen molar-refractivity contribution in [3.8, 4) is 0 Å². The van der Waals surface area contributed by atoms with Crippen LogP contribution in [-0.4, -0.2) is 25.7 Å². The van der Waals surface area contributed by atoms with E-state index in [0.717, 1.165) is 12.5 Å².